The monoisotopic (exact) mass is 397 g/mol. The van der Waals surface area contributed by atoms with Gasteiger partial charge in [-0.2, -0.15) is 0 Å². The molecule has 2 amide bonds. The first-order chi connectivity index (χ1) is 14.1. The highest BCUT2D eigenvalue weighted by atomic mass is 16.6. The molecule has 1 aliphatic rings. The van der Waals surface area contributed by atoms with Crippen LogP contribution in [-0.2, 0) is 11.3 Å². The molecule has 0 bridgehead atoms. The summed E-state index contributed by atoms with van der Waals surface area (Å²) in [5, 5.41) is 6.19. The largest absolute Gasteiger partial charge is 0.450 e. The highest BCUT2D eigenvalue weighted by Crippen LogP contribution is 2.13. The fraction of sp³-hybridized carbons (Fsp3) is 0.429. The van der Waals surface area contributed by atoms with Crippen molar-refractivity contribution in [2.24, 2.45) is 0 Å². The van der Waals surface area contributed by atoms with E-state index in [4.69, 9.17) is 4.74 Å². The van der Waals surface area contributed by atoms with Gasteiger partial charge in [0, 0.05) is 25.7 Å². The van der Waals surface area contributed by atoms with Gasteiger partial charge in [-0.25, -0.2) is 14.8 Å². The van der Waals surface area contributed by atoms with E-state index < -0.39 is 0 Å². The molecule has 0 unspecified atom stereocenters. The minimum atomic E-state index is -0.295. The molecule has 154 valence electrons. The van der Waals surface area contributed by atoms with Gasteiger partial charge in [0.25, 0.3) is 5.91 Å². The number of likely N-dealkylation sites (tertiary alicyclic amines) is 1. The second kappa shape index (κ2) is 9.86. The van der Waals surface area contributed by atoms with Gasteiger partial charge in [0.05, 0.1) is 19.0 Å². The van der Waals surface area contributed by atoms with E-state index in [1.54, 1.807) is 18.0 Å². The van der Waals surface area contributed by atoms with Crippen molar-refractivity contribution < 1.29 is 14.3 Å². The van der Waals surface area contributed by atoms with Crippen LogP contribution in [0.1, 0.15) is 41.4 Å². The van der Waals surface area contributed by atoms with Crippen LogP contribution in [0.4, 0.5) is 10.6 Å². The van der Waals surface area contributed by atoms with E-state index in [1.807, 2.05) is 12.1 Å². The third-order valence-electron chi connectivity index (χ3n) is 4.96. The highest BCUT2D eigenvalue weighted by molar-refractivity contribution is 5.92. The summed E-state index contributed by atoms with van der Waals surface area (Å²) in [5.41, 5.74) is 2.67. The standard InChI is InChI=1S/C21H27N5O3/c1-3-29-21(28)26-10-8-17(9-11-26)25-20(27)18-13-24-19(14-22-18)23-12-16-7-5-4-6-15(16)2/h4-7,13-14,17H,3,8-12H2,1-2H3,(H,23,24)(H,25,27). The highest BCUT2D eigenvalue weighted by Gasteiger charge is 2.25. The number of carbonyl (C=O) groups excluding carboxylic acids is 2. The fourth-order valence-corrected chi connectivity index (χ4v) is 3.21. The van der Waals surface area contributed by atoms with Crippen molar-refractivity contribution in [3.8, 4) is 0 Å². The van der Waals surface area contributed by atoms with Gasteiger partial charge < -0.3 is 20.3 Å². The van der Waals surface area contributed by atoms with Crippen molar-refractivity contribution in [1.82, 2.24) is 20.2 Å². The lowest BCUT2D eigenvalue weighted by Crippen LogP contribution is -2.46. The Morgan fingerprint density at radius 3 is 2.59 bits per heavy atom. The van der Waals surface area contributed by atoms with Crippen LogP contribution in [0.2, 0.25) is 0 Å². The molecule has 3 rings (SSSR count). The number of ether oxygens (including phenoxy) is 1. The van der Waals surface area contributed by atoms with Gasteiger partial charge in [-0.3, -0.25) is 4.79 Å². The van der Waals surface area contributed by atoms with E-state index in [2.05, 4.69) is 39.7 Å². The van der Waals surface area contributed by atoms with Crippen LogP contribution in [-0.4, -0.2) is 52.6 Å². The minimum Gasteiger partial charge on any atom is -0.450 e. The topological polar surface area (TPSA) is 96.5 Å². The third kappa shape index (κ3) is 5.66. The van der Waals surface area contributed by atoms with Crippen LogP contribution in [0.15, 0.2) is 36.7 Å². The number of hydrogen-bond donors (Lipinski definition) is 2. The number of piperidine rings is 1. The number of aromatic nitrogens is 2. The Bertz CT molecular complexity index is 832. The summed E-state index contributed by atoms with van der Waals surface area (Å²) in [6.45, 7) is 5.99. The number of carbonyl (C=O) groups is 2. The van der Waals surface area contributed by atoms with Crippen LogP contribution in [0.5, 0.6) is 0 Å². The van der Waals surface area contributed by atoms with Crippen LogP contribution in [0.3, 0.4) is 0 Å². The zero-order chi connectivity index (χ0) is 20.6. The maximum absolute atomic E-state index is 12.4. The van der Waals surface area contributed by atoms with Crippen molar-refractivity contribution in [3.05, 3.63) is 53.5 Å². The van der Waals surface area contributed by atoms with Gasteiger partial charge in [0.2, 0.25) is 0 Å². The minimum absolute atomic E-state index is 0.00818. The van der Waals surface area contributed by atoms with Gasteiger partial charge in [-0.05, 0) is 37.8 Å². The number of rotatable bonds is 6. The molecule has 2 N–H and O–H groups in total. The molecule has 8 nitrogen and oxygen atoms in total. The van der Waals surface area contributed by atoms with Gasteiger partial charge in [0.15, 0.2) is 0 Å². The first kappa shape index (κ1) is 20.6. The quantitative estimate of drug-likeness (QED) is 0.778. The van der Waals surface area contributed by atoms with Crippen LogP contribution >= 0.6 is 0 Å². The Morgan fingerprint density at radius 1 is 1.17 bits per heavy atom. The number of nitrogens with one attached hydrogen (secondary N) is 2. The van der Waals surface area contributed by atoms with Crippen molar-refractivity contribution in [2.45, 2.75) is 39.3 Å². The number of anilines is 1. The van der Waals surface area contributed by atoms with Gasteiger partial charge in [-0.1, -0.05) is 24.3 Å². The lowest BCUT2D eigenvalue weighted by molar-refractivity contribution is 0.0856. The number of hydrogen-bond acceptors (Lipinski definition) is 6. The number of nitrogens with zero attached hydrogens (tertiary/aromatic N) is 3. The summed E-state index contributed by atoms with van der Waals surface area (Å²) in [4.78, 5) is 34.3. The molecule has 2 heterocycles. The van der Waals surface area contributed by atoms with E-state index in [1.165, 1.54) is 17.3 Å². The average molecular weight is 397 g/mol. The average Bonchev–Trinajstić information content (AvgIpc) is 2.74. The molecular weight excluding hydrogens is 370 g/mol. The number of aryl methyl sites for hydroxylation is 1. The zero-order valence-electron chi connectivity index (χ0n) is 16.9. The molecule has 0 saturated carbocycles. The summed E-state index contributed by atoms with van der Waals surface area (Å²) in [6, 6.07) is 8.14. The first-order valence-electron chi connectivity index (χ1n) is 9.89. The predicted molar refractivity (Wildman–Crippen MR) is 110 cm³/mol. The molecule has 0 aliphatic carbocycles. The summed E-state index contributed by atoms with van der Waals surface area (Å²) >= 11 is 0. The van der Waals surface area contributed by atoms with E-state index in [0.29, 0.717) is 44.9 Å². The van der Waals surface area contributed by atoms with E-state index in [0.717, 1.165) is 0 Å². The van der Waals surface area contributed by atoms with E-state index in [9.17, 15) is 9.59 Å². The SMILES string of the molecule is CCOC(=O)N1CCC(NC(=O)c2cnc(NCc3ccccc3C)cn2)CC1. The Balaban J connectivity index is 1.47. The number of amides is 2. The van der Waals surface area contributed by atoms with Crippen molar-refractivity contribution in [2.75, 3.05) is 25.0 Å². The van der Waals surface area contributed by atoms with Crippen LogP contribution in [0.25, 0.3) is 0 Å². The molecule has 8 heteroatoms. The second-order valence-corrected chi connectivity index (χ2v) is 7.00. The molecule has 0 atom stereocenters. The lowest BCUT2D eigenvalue weighted by Gasteiger charge is -2.31. The second-order valence-electron chi connectivity index (χ2n) is 7.00. The van der Waals surface area contributed by atoms with Crippen molar-refractivity contribution >= 4 is 17.8 Å². The smallest absolute Gasteiger partial charge is 0.409 e. The maximum Gasteiger partial charge on any atom is 0.409 e. The van der Waals surface area contributed by atoms with Gasteiger partial charge in [0.1, 0.15) is 11.5 Å². The summed E-state index contributed by atoms with van der Waals surface area (Å²) in [5.74, 6) is 0.366. The van der Waals surface area contributed by atoms with Gasteiger partial charge >= 0.3 is 6.09 Å². The Kier molecular flexibility index (Phi) is 6.99. The van der Waals surface area contributed by atoms with E-state index in [-0.39, 0.29) is 23.7 Å². The van der Waals surface area contributed by atoms with E-state index >= 15 is 0 Å². The van der Waals surface area contributed by atoms with Gasteiger partial charge in [-0.15, -0.1) is 0 Å². The van der Waals surface area contributed by atoms with Crippen LogP contribution in [0, 0.1) is 6.92 Å². The normalized spacial score (nSPS) is 14.3. The summed E-state index contributed by atoms with van der Waals surface area (Å²) in [7, 11) is 0. The molecule has 1 saturated heterocycles. The lowest BCUT2D eigenvalue weighted by atomic mass is 10.1. The van der Waals surface area contributed by atoms with Crippen molar-refractivity contribution in [3.63, 3.8) is 0 Å². The predicted octanol–water partition coefficient (Wildman–Crippen LogP) is 2.75. The molecular formula is C21H27N5O3. The van der Waals surface area contributed by atoms with Crippen molar-refractivity contribution in [1.29, 1.82) is 0 Å². The fourth-order valence-electron chi connectivity index (χ4n) is 3.21. The van der Waals surface area contributed by atoms with Crippen LogP contribution < -0.4 is 10.6 Å². The molecule has 0 radical (unpaired) electrons. The zero-order valence-corrected chi connectivity index (χ0v) is 16.9. The molecule has 1 aromatic heterocycles. The molecule has 1 aliphatic heterocycles. The first-order valence-corrected chi connectivity index (χ1v) is 9.89. The molecule has 0 spiro atoms. The Labute approximate surface area is 170 Å². The molecule has 1 aromatic carbocycles. The molecule has 29 heavy (non-hydrogen) atoms. The maximum atomic E-state index is 12.4. The Hall–Kier alpha value is -3.16. The summed E-state index contributed by atoms with van der Waals surface area (Å²) < 4.78 is 5.01. The Morgan fingerprint density at radius 2 is 1.93 bits per heavy atom. The third-order valence-corrected chi connectivity index (χ3v) is 4.96. The molecule has 1 fully saturated rings. The summed E-state index contributed by atoms with van der Waals surface area (Å²) in [6.07, 6.45) is 4.12. The number of benzene rings is 1. The molecule has 2 aromatic rings.